The molecule has 82 valence electrons. The van der Waals surface area contributed by atoms with Crippen LogP contribution in [0.2, 0.25) is 5.02 Å². The van der Waals surface area contributed by atoms with Crippen LogP contribution in [-0.4, -0.2) is 4.98 Å². The van der Waals surface area contributed by atoms with E-state index in [1.54, 1.807) is 23.9 Å². The van der Waals surface area contributed by atoms with Gasteiger partial charge < -0.3 is 5.73 Å². The number of anilines is 1. The third-order valence-corrected chi connectivity index (χ3v) is 3.43. The molecule has 2 aromatic rings. The topological polar surface area (TPSA) is 38.9 Å². The average Bonchev–Trinajstić information content (AvgIpc) is 2.32. The highest BCUT2D eigenvalue weighted by Crippen LogP contribution is 2.25. The molecule has 0 unspecified atom stereocenters. The van der Waals surface area contributed by atoms with Crippen molar-refractivity contribution in [3.05, 3.63) is 53.2 Å². The molecular formula is C12H11ClN2S. The fraction of sp³-hybridized carbons (Fsp3) is 0.0833. The molecule has 2 N–H and O–H groups in total. The van der Waals surface area contributed by atoms with Crippen LogP contribution >= 0.6 is 23.4 Å². The van der Waals surface area contributed by atoms with Crippen LogP contribution in [0.1, 0.15) is 5.69 Å². The first kappa shape index (κ1) is 11.3. The Morgan fingerprint density at radius 3 is 2.62 bits per heavy atom. The summed E-state index contributed by atoms with van der Waals surface area (Å²) in [6.07, 6.45) is 0. The van der Waals surface area contributed by atoms with E-state index in [2.05, 4.69) is 17.1 Å². The molecule has 1 heterocycles. The molecule has 2 rings (SSSR count). The zero-order chi connectivity index (χ0) is 11.4. The van der Waals surface area contributed by atoms with Gasteiger partial charge in [0.25, 0.3) is 0 Å². The molecule has 1 aromatic carbocycles. The number of nitrogen functional groups attached to an aromatic ring is 1. The molecule has 0 aliphatic carbocycles. The molecule has 0 amide bonds. The van der Waals surface area contributed by atoms with Gasteiger partial charge in [-0.2, -0.15) is 0 Å². The van der Waals surface area contributed by atoms with E-state index in [0.717, 1.165) is 11.4 Å². The predicted molar refractivity (Wildman–Crippen MR) is 69.7 cm³/mol. The van der Waals surface area contributed by atoms with Crippen molar-refractivity contribution in [3.63, 3.8) is 0 Å². The first-order valence-electron chi connectivity index (χ1n) is 4.84. The van der Waals surface area contributed by atoms with Crippen LogP contribution in [0.15, 0.2) is 47.4 Å². The summed E-state index contributed by atoms with van der Waals surface area (Å²) in [5.74, 6) is 1.24. The van der Waals surface area contributed by atoms with E-state index in [0.29, 0.717) is 10.8 Å². The lowest BCUT2D eigenvalue weighted by Crippen LogP contribution is -1.94. The SMILES string of the molecule is Nc1ccc(Cl)c(CSc2ccccc2)n1. The normalized spacial score (nSPS) is 10.3. The van der Waals surface area contributed by atoms with Crippen LogP contribution in [0.25, 0.3) is 0 Å². The molecule has 0 spiro atoms. The highest BCUT2D eigenvalue weighted by atomic mass is 35.5. The number of benzene rings is 1. The largest absolute Gasteiger partial charge is 0.384 e. The Bertz CT molecular complexity index is 474. The number of aromatic nitrogens is 1. The number of pyridine rings is 1. The molecule has 0 fully saturated rings. The maximum absolute atomic E-state index is 6.03. The number of hydrogen-bond acceptors (Lipinski definition) is 3. The highest BCUT2D eigenvalue weighted by molar-refractivity contribution is 7.98. The van der Waals surface area contributed by atoms with E-state index in [-0.39, 0.29) is 0 Å². The number of thioether (sulfide) groups is 1. The van der Waals surface area contributed by atoms with Gasteiger partial charge >= 0.3 is 0 Å². The van der Waals surface area contributed by atoms with E-state index in [4.69, 9.17) is 17.3 Å². The van der Waals surface area contributed by atoms with Crippen LogP contribution in [0.4, 0.5) is 5.82 Å². The maximum Gasteiger partial charge on any atom is 0.123 e. The lowest BCUT2D eigenvalue weighted by molar-refractivity contribution is 1.18. The molecule has 0 aliphatic rings. The second kappa shape index (κ2) is 5.23. The van der Waals surface area contributed by atoms with Crippen molar-refractivity contribution >= 4 is 29.2 Å². The third-order valence-electron chi connectivity index (χ3n) is 2.06. The minimum atomic E-state index is 0.507. The molecule has 2 nitrogen and oxygen atoms in total. The van der Waals surface area contributed by atoms with Gasteiger partial charge in [0.15, 0.2) is 0 Å². The maximum atomic E-state index is 6.03. The average molecular weight is 251 g/mol. The summed E-state index contributed by atoms with van der Waals surface area (Å²) in [7, 11) is 0. The van der Waals surface area contributed by atoms with Gasteiger partial charge in [0.05, 0.1) is 10.7 Å². The zero-order valence-corrected chi connectivity index (χ0v) is 10.1. The summed E-state index contributed by atoms with van der Waals surface area (Å²) in [5.41, 5.74) is 6.45. The summed E-state index contributed by atoms with van der Waals surface area (Å²) in [4.78, 5) is 5.41. The van der Waals surface area contributed by atoms with Gasteiger partial charge in [-0.3, -0.25) is 0 Å². The molecule has 1 aromatic heterocycles. The van der Waals surface area contributed by atoms with Gasteiger partial charge in [-0.05, 0) is 24.3 Å². The van der Waals surface area contributed by atoms with Crippen molar-refractivity contribution in [2.75, 3.05) is 5.73 Å². The standard InChI is InChI=1S/C12H11ClN2S/c13-10-6-7-12(14)15-11(10)8-16-9-4-2-1-3-5-9/h1-7H,8H2,(H2,14,15). The summed E-state index contributed by atoms with van der Waals surface area (Å²) in [6, 6.07) is 13.6. The van der Waals surface area contributed by atoms with E-state index in [1.165, 1.54) is 4.90 Å². The molecule has 0 atom stereocenters. The number of halogens is 1. The predicted octanol–water partition coefficient (Wildman–Crippen LogP) is 3.61. The Kier molecular flexibility index (Phi) is 3.70. The van der Waals surface area contributed by atoms with Crippen molar-refractivity contribution in [3.8, 4) is 0 Å². The molecule has 0 aliphatic heterocycles. The molecule has 0 saturated heterocycles. The van der Waals surface area contributed by atoms with Crippen molar-refractivity contribution in [1.29, 1.82) is 0 Å². The van der Waals surface area contributed by atoms with Crippen molar-refractivity contribution in [1.82, 2.24) is 4.98 Å². The number of rotatable bonds is 3. The first-order chi connectivity index (χ1) is 7.75. The molecule has 0 saturated carbocycles. The minimum absolute atomic E-state index is 0.507. The zero-order valence-electron chi connectivity index (χ0n) is 8.56. The molecule has 0 bridgehead atoms. The van der Waals surface area contributed by atoms with Crippen molar-refractivity contribution in [2.24, 2.45) is 0 Å². The van der Waals surface area contributed by atoms with Crippen LogP contribution in [0, 0.1) is 0 Å². The number of nitrogens with two attached hydrogens (primary N) is 1. The van der Waals surface area contributed by atoms with Crippen LogP contribution in [-0.2, 0) is 5.75 Å². The minimum Gasteiger partial charge on any atom is -0.384 e. The quantitative estimate of drug-likeness (QED) is 0.846. The van der Waals surface area contributed by atoms with E-state index in [9.17, 15) is 0 Å². The molecule has 16 heavy (non-hydrogen) atoms. The summed E-state index contributed by atoms with van der Waals surface area (Å²) >= 11 is 7.72. The Labute approximate surface area is 104 Å². The highest BCUT2D eigenvalue weighted by Gasteiger charge is 2.03. The Hall–Kier alpha value is -1.19. The fourth-order valence-corrected chi connectivity index (χ4v) is 2.40. The van der Waals surface area contributed by atoms with Gasteiger partial charge in [-0.25, -0.2) is 4.98 Å². The van der Waals surface area contributed by atoms with Gasteiger partial charge in [-0.1, -0.05) is 29.8 Å². The molecular weight excluding hydrogens is 240 g/mol. The first-order valence-corrected chi connectivity index (χ1v) is 6.21. The lowest BCUT2D eigenvalue weighted by Gasteiger charge is -2.04. The lowest BCUT2D eigenvalue weighted by atomic mass is 10.4. The van der Waals surface area contributed by atoms with Gasteiger partial charge in [0.2, 0.25) is 0 Å². The van der Waals surface area contributed by atoms with Gasteiger partial charge in [0.1, 0.15) is 5.82 Å². The van der Waals surface area contributed by atoms with Crippen LogP contribution < -0.4 is 5.73 Å². The monoisotopic (exact) mass is 250 g/mol. The van der Waals surface area contributed by atoms with Crippen molar-refractivity contribution in [2.45, 2.75) is 10.6 Å². The molecule has 4 heteroatoms. The van der Waals surface area contributed by atoms with Crippen LogP contribution in [0.3, 0.4) is 0 Å². The molecule has 0 radical (unpaired) electrons. The van der Waals surface area contributed by atoms with Gasteiger partial charge in [-0.15, -0.1) is 11.8 Å². The van der Waals surface area contributed by atoms with E-state index < -0.39 is 0 Å². The number of nitrogens with zero attached hydrogens (tertiary/aromatic N) is 1. The summed E-state index contributed by atoms with van der Waals surface area (Å²) in [5, 5.41) is 0.664. The Morgan fingerprint density at radius 2 is 1.88 bits per heavy atom. The van der Waals surface area contributed by atoms with Gasteiger partial charge in [0, 0.05) is 10.6 Å². The Morgan fingerprint density at radius 1 is 1.12 bits per heavy atom. The van der Waals surface area contributed by atoms with Crippen molar-refractivity contribution < 1.29 is 0 Å². The smallest absolute Gasteiger partial charge is 0.123 e. The van der Waals surface area contributed by atoms with Crippen LogP contribution in [0.5, 0.6) is 0 Å². The second-order valence-electron chi connectivity index (χ2n) is 3.27. The Balaban J connectivity index is 2.08. The summed E-state index contributed by atoms with van der Waals surface area (Å²) in [6.45, 7) is 0. The third kappa shape index (κ3) is 2.90. The summed E-state index contributed by atoms with van der Waals surface area (Å²) < 4.78 is 0. The second-order valence-corrected chi connectivity index (χ2v) is 4.72. The fourth-order valence-electron chi connectivity index (χ4n) is 1.27. The number of hydrogen-bond donors (Lipinski definition) is 1. The van der Waals surface area contributed by atoms with E-state index in [1.807, 2.05) is 18.2 Å². The van der Waals surface area contributed by atoms with E-state index >= 15 is 0 Å².